The molecule has 1 fully saturated rings. The van der Waals surface area contributed by atoms with Crippen molar-refractivity contribution in [3.8, 4) is 5.75 Å². The minimum atomic E-state index is -4.64. The van der Waals surface area contributed by atoms with Crippen LogP contribution >= 0.6 is 0 Å². The molecular weight excluding hydrogens is 245 g/mol. The zero-order valence-corrected chi connectivity index (χ0v) is 10.00. The molecule has 3 nitrogen and oxygen atoms in total. The molecule has 0 saturated carbocycles. The minimum absolute atomic E-state index is 0.140. The lowest BCUT2D eigenvalue weighted by Crippen LogP contribution is -2.64. The van der Waals surface area contributed by atoms with Crippen LogP contribution in [0.3, 0.4) is 0 Å². The topological polar surface area (TPSA) is 38.5 Å². The van der Waals surface area contributed by atoms with E-state index in [1.165, 1.54) is 12.1 Å². The van der Waals surface area contributed by atoms with Gasteiger partial charge in [-0.25, -0.2) is 0 Å². The first-order valence-electron chi connectivity index (χ1n) is 5.59. The average Bonchev–Trinajstić information content (AvgIpc) is 2.16. The molecule has 100 valence electrons. The van der Waals surface area contributed by atoms with E-state index in [2.05, 4.69) is 9.64 Å². The van der Waals surface area contributed by atoms with Gasteiger partial charge in [0.15, 0.2) is 0 Å². The fraction of sp³-hybridized carbons (Fsp3) is 0.500. The van der Waals surface area contributed by atoms with E-state index in [1.54, 1.807) is 12.1 Å². The number of benzene rings is 1. The summed E-state index contributed by atoms with van der Waals surface area (Å²) < 4.78 is 39.7. The van der Waals surface area contributed by atoms with E-state index in [0.717, 1.165) is 18.7 Å². The largest absolute Gasteiger partial charge is 0.573 e. The SMILES string of the molecule is CC1(N)CN(Cc2ccc(OC(F)(F)F)cc2)C1. The molecule has 0 amide bonds. The van der Waals surface area contributed by atoms with Crippen LogP contribution in [0.4, 0.5) is 13.2 Å². The number of halogens is 3. The third kappa shape index (κ3) is 3.61. The molecule has 1 heterocycles. The van der Waals surface area contributed by atoms with Crippen molar-refractivity contribution < 1.29 is 17.9 Å². The van der Waals surface area contributed by atoms with E-state index in [1.807, 2.05) is 6.92 Å². The molecule has 1 aromatic rings. The molecule has 0 spiro atoms. The highest BCUT2D eigenvalue weighted by Crippen LogP contribution is 2.24. The summed E-state index contributed by atoms with van der Waals surface area (Å²) in [4.78, 5) is 2.14. The molecule has 0 atom stereocenters. The molecule has 1 aromatic carbocycles. The molecule has 0 radical (unpaired) electrons. The Balaban J connectivity index is 1.89. The second-order valence-electron chi connectivity index (χ2n) is 4.99. The Morgan fingerprint density at radius 2 is 1.83 bits per heavy atom. The molecule has 6 heteroatoms. The molecule has 1 aliphatic rings. The highest BCUT2D eigenvalue weighted by atomic mass is 19.4. The van der Waals surface area contributed by atoms with Crippen LogP contribution < -0.4 is 10.5 Å². The van der Waals surface area contributed by atoms with Gasteiger partial charge in [-0.1, -0.05) is 12.1 Å². The van der Waals surface area contributed by atoms with Gasteiger partial charge in [-0.3, -0.25) is 4.90 Å². The monoisotopic (exact) mass is 260 g/mol. The molecule has 1 aliphatic heterocycles. The van der Waals surface area contributed by atoms with Gasteiger partial charge in [0.25, 0.3) is 0 Å². The first-order valence-corrected chi connectivity index (χ1v) is 5.59. The molecule has 0 bridgehead atoms. The van der Waals surface area contributed by atoms with Crippen molar-refractivity contribution in [1.82, 2.24) is 4.90 Å². The summed E-state index contributed by atoms with van der Waals surface area (Å²) in [6.45, 7) is 4.27. The maximum atomic E-state index is 12.0. The molecular formula is C12H15F3N2O. The smallest absolute Gasteiger partial charge is 0.406 e. The average molecular weight is 260 g/mol. The molecule has 0 unspecified atom stereocenters. The Kier molecular flexibility index (Phi) is 3.25. The Morgan fingerprint density at radius 3 is 2.28 bits per heavy atom. The molecule has 0 aliphatic carbocycles. The van der Waals surface area contributed by atoms with Gasteiger partial charge in [0, 0.05) is 25.2 Å². The van der Waals surface area contributed by atoms with Crippen molar-refractivity contribution in [3.05, 3.63) is 29.8 Å². The molecule has 18 heavy (non-hydrogen) atoms. The van der Waals surface area contributed by atoms with Crippen LogP contribution in [-0.4, -0.2) is 29.9 Å². The highest BCUT2D eigenvalue weighted by molar-refractivity contribution is 5.27. The van der Waals surface area contributed by atoms with Gasteiger partial charge in [0.05, 0.1) is 0 Å². The fourth-order valence-corrected chi connectivity index (χ4v) is 2.14. The van der Waals surface area contributed by atoms with Gasteiger partial charge < -0.3 is 10.5 Å². The number of hydrogen-bond acceptors (Lipinski definition) is 3. The van der Waals surface area contributed by atoms with E-state index in [9.17, 15) is 13.2 Å². The van der Waals surface area contributed by atoms with Crippen LogP contribution in [0.2, 0.25) is 0 Å². The lowest BCUT2D eigenvalue weighted by Gasteiger charge is -2.45. The predicted molar refractivity (Wildman–Crippen MR) is 61.0 cm³/mol. The van der Waals surface area contributed by atoms with Crippen molar-refractivity contribution in [2.45, 2.75) is 25.4 Å². The van der Waals surface area contributed by atoms with Crippen molar-refractivity contribution in [1.29, 1.82) is 0 Å². The number of hydrogen-bond donors (Lipinski definition) is 1. The van der Waals surface area contributed by atoms with E-state index in [0.29, 0.717) is 6.54 Å². The summed E-state index contributed by atoms with van der Waals surface area (Å²) in [5.74, 6) is -0.196. The second kappa shape index (κ2) is 4.44. The van der Waals surface area contributed by atoms with Crippen LogP contribution in [0, 0.1) is 0 Å². The number of rotatable bonds is 3. The van der Waals surface area contributed by atoms with Crippen molar-refractivity contribution >= 4 is 0 Å². The summed E-state index contributed by atoms with van der Waals surface area (Å²) in [5.41, 5.74) is 6.68. The number of likely N-dealkylation sites (tertiary alicyclic amines) is 1. The van der Waals surface area contributed by atoms with Crippen LogP contribution in [0.5, 0.6) is 5.75 Å². The Bertz CT molecular complexity index is 406. The summed E-state index contributed by atoms with van der Waals surface area (Å²) >= 11 is 0. The molecule has 2 N–H and O–H groups in total. The summed E-state index contributed by atoms with van der Waals surface area (Å²) in [6, 6.07) is 5.91. The Labute approximate surface area is 103 Å². The van der Waals surface area contributed by atoms with Crippen LogP contribution in [0.15, 0.2) is 24.3 Å². The van der Waals surface area contributed by atoms with Gasteiger partial charge >= 0.3 is 6.36 Å². The van der Waals surface area contributed by atoms with Crippen LogP contribution in [0.1, 0.15) is 12.5 Å². The Morgan fingerprint density at radius 1 is 1.28 bits per heavy atom. The summed E-state index contributed by atoms with van der Waals surface area (Å²) in [6.07, 6.45) is -4.64. The number of nitrogens with zero attached hydrogens (tertiary/aromatic N) is 1. The van der Waals surface area contributed by atoms with E-state index in [-0.39, 0.29) is 11.3 Å². The predicted octanol–water partition coefficient (Wildman–Crippen LogP) is 2.12. The maximum Gasteiger partial charge on any atom is 0.573 e. The third-order valence-electron chi connectivity index (χ3n) is 2.73. The van der Waals surface area contributed by atoms with E-state index in [4.69, 9.17) is 5.73 Å². The Hall–Kier alpha value is -1.27. The quantitative estimate of drug-likeness (QED) is 0.904. The lowest BCUT2D eigenvalue weighted by atomic mass is 9.93. The minimum Gasteiger partial charge on any atom is -0.406 e. The zero-order valence-electron chi connectivity index (χ0n) is 10.00. The zero-order chi connectivity index (χ0) is 13.4. The van der Waals surface area contributed by atoms with Crippen molar-refractivity contribution in [2.75, 3.05) is 13.1 Å². The highest BCUT2D eigenvalue weighted by Gasteiger charge is 2.34. The summed E-state index contributed by atoms with van der Waals surface area (Å²) in [7, 11) is 0. The van der Waals surface area contributed by atoms with E-state index < -0.39 is 6.36 Å². The first kappa shape index (κ1) is 13.2. The van der Waals surface area contributed by atoms with Gasteiger partial charge in [-0.05, 0) is 24.6 Å². The van der Waals surface area contributed by atoms with Crippen LogP contribution in [-0.2, 0) is 6.54 Å². The van der Waals surface area contributed by atoms with Crippen LogP contribution in [0.25, 0.3) is 0 Å². The van der Waals surface area contributed by atoms with Crippen molar-refractivity contribution in [2.24, 2.45) is 5.73 Å². The van der Waals surface area contributed by atoms with Gasteiger partial charge in [-0.2, -0.15) is 0 Å². The molecule has 2 rings (SSSR count). The van der Waals surface area contributed by atoms with E-state index >= 15 is 0 Å². The number of nitrogens with two attached hydrogens (primary N) is 1. The normalized spacial score (nSPS) is 19.4. The fourth-order valence-electron chi connectivity index (χ4n) is 2.14. The maximum absolute atomic E-state index is 12.0. The standard InChI is InChI=1S/C12H15F3N2O/c1-11(16)7-17(8-11)6-9-2-4-10(5-3-9)18-12(13,14)15/h2-5H,6-8,16H2,1H3. The molecule has 0 aromatic heterocycles. The lowest BCUT2D eigenvalue weighted by molar-refractivity contribution is -0.274. The molecule has 1 saturated heterocycles. The number of alkyl halides is 3. The number of ether oxygens (including phenoxy) is 1. The van der Waals surface area contributed by atoms with Gasteiger partial charge in [0.1, 0.15) is 5.75 Å². The third-order valence-corrected chi connectivity index (χ3v) is 2.73. The first-order chi connectivity index (χ1) is 8.23. The van der Waals surface area contributed by atoms with Gasteiger partial charge in [-0.15, -0.1) is 13.2 Å². The van der Waals surface area contributed by atoms with Crippen molar-refractivity contribution in [3.63, 3.8) is 0 Å². The second-order valence-corrected chi connectivity index (χ2v) is 4.99. The van der Waals surface area contributed by atoms with Gasteiger partial charge in [0.2, 0.25) is 0 Å². The summed E-state index contributed by atoms with van der Waals surface area (Å²) in [5, 5.41) is 0.